The molecule has 2 atom stereocenters. The van der Waals surface area contributed by atoms with Gasteiger partial charge in [0.15, 0.2) is 5.79 Å². The number of piperidine rings is 1. The molecule has 142 valence electrons. The first-order valence-corrected chi connectivity index (χ1v) is 9.47. The summed E-state index contributed by atoms with van der Waals surface area (Å²) < 4.78 is 11.5. The Morgan fingerprint density at radius 3 is 2.35 bits per heavy atom. The second-order valence-electron chi connectivity index (χ2n) is 7.14. The van der Waals surface area contributed by atoms with Crippen LogP contribution in [0.5, 0.6) is 0 Å². The summed E-state index contributed by atoms with van der Waals surface area (Å²) in [6.07, 6.45) is 2.17. The van der Waals surface area contributed by atoms with Crippen LogP contribution in [-0.2, 0) is 14.3 Å². The van der Waals surface area contributed by atoms with Crippen LogP contribution in [0, 0.1) is 5.92 Å². The quantitative estimate of drug-likeness (QED) is 0.874. The Hall–Kier alpha value is -1.92. The Labute approximate surface area is 154 Å². The third kappa shape index (κ3) is 4.07. The number of carbonyl (C=O) groups is 2. The molecule has 0 radical (unpaired) electrons. The van der Waals surface area contributed by atoms with Crippen LogP contribution in [0.25, 0.3) is 0 Å². The van der Waals surface area contributed by atoms with Crippen molar-refractivity contribution < 1.29 is 19.1 Å². The highest BCUT2D eigenvalue weighted by Crippen LogP contribution is 2.31. The summed E-state index contributed by atoms with van der Waals surface area (Å²) in [5.41, 5.74) is 0.568. The van der Waals surface area contributed by atoms with Crippen molar-refractivity contribution >= 4 is 11.8 Å². The molecule has 1 spiro atoms. The number of benzene rings is 1. The zero-order valence-electron chi connectivity index (χ0n) is 15.6. The fourth-order valence-electron chi connectivity index (χ4n) is 3.55. The zero-order valence-corrected chi connectivity index (χ0v) is 15.6. The normalized spacial score (nSPS) is 21.4. The number of nitrogens with one attached hydrogen (secondary N) is 1. The molecule has 1 N–H and O–H groups in total. The van der Waals surface area contributed by atoms with Crippen molar-refractivity contribution in [1.82, 2.24) is 10.2 Å². The maximum atomic E-state index is 13.1. The minimum atomic E-state index is -0.521. The summed E-state index contributed by atoms with van der Waals surface area (Å²) >= 11 is 0. The highest BCUT2D eigenvalue weighted by atomic mass is 16.7. The highest BCUT2D eigenvalue weighted by molar-refractivity contribution is 5.97. The van der Waals surface area contributed by atoms with Gasteiger partial charge >= 0.3 is 0 Å². The summed E-state index contributed by atoms with van der Waals surface area (Å²) in [5.74, 6) is -0.669. The first-order valence-electron chi connectivity index (χ1n) is 9.47. The van der Waals surface area contributed by atoms with Crippen molar-refractivity contribution in [3.8, 4) is 0 Å². The Morgan fingerprint density at radius 1 is 1.15 bits per heavy atom. The van der Waals surface area contributed by atoms with Crippen LogP contribution in [-0.4, -0.2) is 54.8 Å². The van der Waals surface area contributed by atoms with Crippen molar-refractivity contribution in [2.24, 2.45) is 5.92 Å². The number of nitrogens with zero attached hydrogens (tertiary/aromatic N) is 1. The highest BCUT2D eigenvalue weighted by Gasteiger charge is 2.42. The lowest BCUT2D eigenvalue weighted by Gasteiger charge is -2.39. The van der Waals surface area contributed by atoms with E-state index >= 15 is 0 Å². The number of carbonyl (C=O) groups excluding carboxylic acids is 2. The molecule has 2 heterocycles. The van der Waals surface area contributed by atoms with Crippen LogP contribution in [0.3, 0.4) is 0 Å². The molecule has 2 saturated heterocycles. The molecule has 2 fully saturated rings. The number of likely N-dealkylation sites (tertiary alicyclic amines) is 1. The third-order valence-electron chi connectivity index (χ3n) is 5.45. The summed E-state index contributed by atoms with van der Waals surface area (Å²) in [6.45, 7) is 6.46. The van der Waals surface area contributed by atoms with E-state index in [0.29, 0.717) is 44.7 Å². The molecule has 0 aliphatic carbocycles. The maximum absolute atomic E-state index is 13.1. The largest absolute Gasteiger partial charge is 0.347 e. The Bertz CT molecular complexity index is 618. The summed E-state index contributed by atoms with van der Waals surface area (Å²) in [6, 6.07) is 8.50. The fraction of sp³-hybridized carbons (Fsp3) is 0.600. The van der Waals surface area contributed by atoms with Crippen LogP contribution >= 0.6 is 0 Å². The lowest BCUT2D eigenvalue weighted by Crippen LogP contribution is -2.55. The minimum absolute atomic E-state index is 0.0171. The van der Waals surface area contributed by atoms with Crippen molar-refractivity contribution in [3.63, 3.8) is 0 Å². The van der Waals surface area contributed by atoms with Gasteiger partial charge < -0.3 is 19.7 Å². The van der Waals surface area contributed by atoms with Gasteiger partial charge in [-0.15, -0.1) is 0 Å². The van der Waals surface area contributed by atoms with Gasteiger partial charge in [0.05, 0.1) is 13.2 Å². The minimum Gasteiger partial charge on any atom is -0.347 e. The van der Waals surface area contributed by atoms with Gasteiger partial charge in [-0.3, -0.25) is 9.59 Å². The van der Waals surface area contributed by atoms with E-state index in [2.05, 4.69) is 5.32 Å². The average Bonchev–Trinajstić information content (AvgIpc) is 3.14. The molecule has 0 aromatic heterocycles. The van der Waals surface area contributed by atoms with E-state index in [-0.39, 0.29) is 17.7 Å². The first kappa shape index (κ1) is 18.9. The molecule has 2 unspecified atom stereocenters. The molecular formula is C20H28N2O4. The van der Waals surface area contributed by atoms with Crippen LogP contribution < -0.4 is 5.32 Å². The molecule has 1 aromatic carbocycles. The van der Waals surface area contributed by atoms with Crippen molar-refractivity contribution in [2.45, 2.75) is 44.9 Å². The monoisotopic (exact) mass is 360 g/mol. The van der Waals surface area contributed by atoms with Gasteiger partial charge in [-0.1, -0.05) is 38.5 Å². The van der Waals surface area contributed by atoms with E-state index < -0.39 is 11.8 Å². The van der Waals surface area contributed by atoms with E-state index in [1.165, 1.54) is 0 Å². The Balaban J connectivity index is 1.65. The summed E-state index contributed by atoms with van der Waals surface area (Å²) in [5, 5.41) is 2.95. The van der Waals surface area contributed by atoms with Crippen molar-refractivity contribution in [1.29, 1.82) is 0 Å². The van der Waals surface area contributed by atoms with Gasteiger partial charge in [0.25, 0.3) is 5.91 Å². The van der Waals surface area contributed by atoms with Gasteiger partial charge in [0, 0.05) is 31.5 Å². The molecule has 6 heteroatoms. The van der Waals surface area contributed by atoms with Gasteiger partial charge in [0.2, 0.25) is 5.91 Å². The zero-order chi connectivity index (χ0) is 18.6. The molecule has 2 aliphatic heterocycles. The second-order valence-corrected chi connectivity index (χ2v) is 7.14. The lowest BCUT2D eigenvalue weighted by atomic mass is 9.95. The van der Waals surface area contributed by atoms with Crippen LogP contribution in [0.2, 0.25) is 0 Å². The van der Waals surface area contributed by atoms with Gasteiger partial charge in [0.1, 0.15) is 6.04 Å². The molecule has 0 bridgehead atoms. The first-order chi connectivity index (χ1) is 12.5. The third-order valence-corrected chi connectivity index (χ3v) is 5.45. The lowest BCUT2D eigenvalue weighted by molar-refractivity contribution is -0.188. The molecular weight excluding hydrogens is 332 g/mol. The van der Waals surface area contributed by atoms with Crippen LogP contribution in [0.4, 0.5) is 0 Å². The Morgan fingerprint density at radius 2 is 1.77 bits per heavy atom. The predicted octanol–water partition coefficient (Wildman–Crippen LogP) is 2.20. The van der Waals surface area contributed by atoms with Crippen LogP contribution in [0.15, 0.2) is 30.3 Å². The average molecular weight is 360 g/mol. The molecule has 1 aromatic rings. The molecule has 6 nitrogen and oxygen atoms in total. The van der Waals surface area contributed by atoms with Gasteiger partial charge in [-0.2, -0.15) is 0 Å². The Kier molecular flexibility index (Phi) is 5.94. The summed E-state index contributed by atoms with van der Waals surface area (Å²) in [4.78, 5) is 27.5. The van der Waals surface area contributed by atoms with E-state index in [4.69, 9.17) is 9.47 Å². The van der Waals surface area contributed by atoms with Gasteiger partial charge in [-0.05, 0) is 18.1 Å². The van der Waals surface area contributed by atoms with Crippen molar-refractivity contribution in [2.75, 3.05) is 26.3 Å². The topological polar surface area (TPSA) is 67.9 Å². The summed E-state index contributed by atoms with van der Waals surface area (Å²) in [7, 11) is 0. The van der Waals surface area contributed by atoms with E-state index in [9.17, 15) is 9.59 Å². The number of hydrogen-bond donors (Lipinski definition) is 1. The van der Waals surface area contributed by atoms with Gasteiger partial charge in [-0.25, -0.2) is 0 Å². The molecule has 2 amide bonds. The molecule has 3 rings (SSSR count). The number of rotatable bonds is 5. The standard InChI is InChI=1S/C20H28N2O4/c1-3-15(2)17(21-18(23)16-7-5-4-6-8-16)19(24)22-11-9-20(10-12-22)25-13-14-26-20/h4-8,15,17H,3,9-14H2,1-2H3,(H,21,23). The predicted molar refractivity (Wildman–Crippen MR) is 97.6 cm³/mol. The fourth-order valence-corrected chi connectivity index (χ4v) is 3.55. The second kappa shape index (κ2) is 8.18. The van der Waals surface area contributed by atoms with E-state index in [1.54, 1.807) is 12.1 Å². The molecule has 0 saturated carbocycles. The van der Waals surface area contributed by atoms with Crippen LogP contribution in [0.1, 0.15) is 43.5 Å². The molecule has 2 aliphatic rings. The number of amides is 2. The SMILES string of the molecule is CCC(C)C(NC(=O)c1ccccc1)C(=O)N1CCC2(CC1)OCCO2. The van der Waals surface area contributed by atoms with E-state index in [0.717, 1.165) is 6.42 Å². The van der Waals surface area contributed by atoms with E-state index in [1.807, 2.05) is 36.9 Å². The molecule has 26 heavy (non-hydrogen) atoms. The number of ether oxygens (including phenoxy) is 2. The number of hydrogen-bond acceptors (Lipinski definition) is 4. The van der Waals surface area contributed by atoms with Crippen molar-refractivity contribution in [3.05, 3.63) is 35.9 Å². The maximum Gasteiger partial charge on any atom is 0.251 e. The smallest absolute Gasteiger partial charge is 0.251 e.